The molecule has 1 fully saturated rings. The van der Waals surface area contributed by atoms with Gasteiger partial charge in [0.05, 0.1) is 16.6 Å². The summed E-state index contributed by atoms with van der Waals surface area (Å²) in [5.74, 6) is -0.370. The number of amides is 1. The number of nitrogens with two attached hydrogens (primary N) is 1. The first-order valence-electron chi connectivity index (χ1n) is 11.5. The van der Waals surface area contributed by atoms with Crippen molar-refractivity contribution in [2.75, 3.05) is 13.1 Å². The minimum absolute atomic E-state index is 0.00475. The van der Waals surface area contributed by atoms with Crippen molar-refractivity contribution in [1.82, 2.24) is 14.9 Å². The van der Waals surface area contributed by atoms with Crippen molar-refractivity contribution in [2.45, 2.75) is 53.2 Å². The Bertz CT molecular complexity index is 1310. The van der Waals surface area contributed by atoms with Gasteiger partial charge in [0.2, 0.25) is 0 Å². The second-order valence-electron chi connectivity index (χ2n) is 9.05. The molecule has 3 heterocycles. The van der Waals surface area contributed by atoms with Gasteiger partial charge in [-0.25, -0.2) is 0 Å². The molecule has 3 aromatic rings. The quantitative estimate of drug-likeness (QED) is 0.501. The summed E-state index contributed by atoms with van der Waals surface area (Å²) in [7, 11) is 0. The van der Waals surface area contributed by atoms with Crippen LogP contribution in [0, 0.1) is 26.7 Å². The molecule has 0 aliphatic carbocycles. The Morgan fingerprint density at radius 1 is 1.21 bits per heavy atom. The highest BCUT2D eigenvalue weighted by Crippen LogP contribution is 2.43. The van der Waals surface area contributed by atoms with Crippen molar-refractivity contribution in [2.24, 2.45) is 11.7 Å². The molecule has 4 N–H and O–H groups in total. The first-order valence-corrected chi connectivity index (χ1v) is 11.5. The van der Waals surface area contributed by atoms with Crippen LogP contribution in [0.25, 0.3) is 22.0 Å². The number of ether oxygens (including phenoxy) is 1. The Balaban J connectivity index is 2.07. The number of carbonyl (C=O) groups excluding carboxylic acids is 1. The molecule has 9 heteroatoms. The summed E-state index contributed by atoms with van der Waals surface area (Å²) in [4.78, 5) is 28.1. The molecule has 1 unspecified atom stereocenters. The summed E-state index contributed by atoms with van der Waals surface area (Å²) >= 11 is 0. The summed E-state index contributed by atoms with van der Waals surface area (Å²) in [6.45, 7) is 6.05. The Morgan fingerprint density at radius 3 is 2.47 bits per heavy atom. The van der Waals surface area contributed by atoms with Gasteiger partial charge in [-0.1, -0.05) is 0 Å². The zero-order valence-corrected chi connectivity index (χ0v) is 19.8. The minimum Gasteiger partial charge on any atom is -0.434 e. The van der Waals surface area contributed by atoms with Crippen LogP contribution in [-0.4, -0.2) is 35.2 Å². The van der Waals surface area contributed by atoms with E-state index in [9.17, 15) is 18.4 Å². The van der Waals surface area contributed by atoms with Crippen molar-refractivity contribution in [1.29, 1.82) is 0 Å². The molecule has 1 amide bonds. The molecular formula is C25H30F2N4O3. The van der Waals surface area contributed by atoms with Crippen LogP contribution in [0.15, 0.2) is 23.0 Å². The standard InChI is InChI=1S/C25H30F2N4O3/c1-12-5-6-17(24(33)30-12)20-13(2)21-18(11-19(20)34-25(26)27)31(15(4)22(21)23(28)32)14(3)16-7-9-29-10-8-16/h5-6,11,14,16,25,29H,7-10H2,1-4H3,(H2,28,32)(H,30,33). The van der Waals surface area contributed by atoms with Crippen LogP contribution in [0.2, 0.25) is 0 Å². The van der Waals surface area contributed by atoms with Crippen molar-refractivity contribution in [3.8, 4) is 16.9 Å². The van der Waals surface area contributed by atoms with Gasteiger partial charge < -0.3 is 25.3 Å². The van der Waals surface area contributed by atoms with Gasteiger partial charge >= 0.3 is 6.61 Å². The average molecular weight is 473 g/mol. The molecule has 0 saturated carbocycles. The maximum absolute atomic E-state index is 13.5. The van der Waals surface area contributed by atoms with Gasteiger partial charge in [-0.3, -0.25) is 9.59 Å². The van der Waals surface area contributed by atoms with Crippen LogP contribution in [0.5, 0.6) is 5.75 Å². The van der Waals surface area contributed by atoms with E-state index in [-0.39, 0.29) is 22.9 Å². The van der Waals surface area contributed by atoms with Gasteiger partial charge in [0.1, 0.15) is 5.75 Å². The number of primary amides is 1. The van der Waals surface area contributed by atoms with E-state index in [1.807, 2.05) is 11.5 Å². The number of nitrogens with zero attached hydrogens (tertiary/aromatic N) is 1. The Hall–Kier alpha value is -3.20. The van der Waals surface area contributed by atoms with Crippen molar-refractivity contribution in [3.63, 3.8) is 0 Å². The van der Waals surface area contributed by atoms with Crippen LogP contribution in [0.1, 0.15) is 53.1 Å². The van der Waals surface area contributed by atoms with E-state index >= 15 is 0 Å². The molecular weight excluding hydrogens is 442 g/mol. The van der Waals surface area contributed by atoms with Crippen molar-refractivity contribution >= 4 is 16.8 Å². The summed E-state index contributed by atoms with van der Waals surface area (Å²) in [6.07, 6.45) is 1.92. The third-order valence-corrected chi connectivity index (χ3v) is 7.01. The molecule has 34 heavy (non-hydrogen) atoms. The number of aromatic nitrogens is 2. The normalized spacial score (nSPS) is 15.7. The fourth-order valence-electron chi connectivity index (χ4n) is 5.41. The molecule has 182 valence electrons. The molecule has 0 bridgehead atoms. The van der Waals surface area contributed by atoms with Crippen molar-refractivity contribution in [3.05, 3.63) is 51.1 Å². The maximum atomic E-state index is 13.5. The average Bonchev–Trinajstić information content (AvgIpc) is 3.07. The lowest BCUT2D eigenvalue weighted by molar-refractivity contribution is -0.0494. The Labute approximate surface area is 196 Å². The van der Waals surface area contributed by atoms with Gasteiger partial charge in [-0.05, 0) is 77.2 Å². The number of aryl methyl sites for hydroxylation is 2. The van der Waals surface area contributed by atoms with Gasteiger partial charge in [0.15, 0.2) is 0 Å². The highest BCUT2D eigenvalue weighted by Gasteiger charge is 2.30. The lowest BCUT2D eigenvalue weighted by Gasteiger charge is -2.31. The number of hydrogen-bond acceptors (Lipinski definition) is 4. The van der Waals surface area contributed by atoms with Gasteiger partial charge in [-0.15, -0.1) is 0 Å². The Kier molecular flexibility index (Phi) is 6.49. The van der Waals surface area contributed by atoms with Gasteiger partial charge in [-0.2, -0.15) is 8.78 Å². The second-order valence-corrected chi connectivity index (χ2v) is 9.05. The SMILES string of the molecule is Cc1ccc(-c2c(OC(F)F)cc3c(c2C)c(C(N)=O)c(C)n3C(C)C2CCNCC2)c(=O)[nH]1. The first-order chi connectivity index (χ1) is 16.1. The second kappa shape index (κ2) is 9.21. The van der Waals surface area contributed by atoms with E-state index in [4.69, 9.17) is 10.5 Å². The highest BCUT2D eigenvalue weighted by molar-refractivity contribution is 6.11. The molecule has 1 saturated heterocycles. The summed E-state index contributed by atoms with van der Waals surface area (Å²) in [5, 5.41) is 3.91. The number of piperidine rings is 1. The highest BCUT2D eigenvalue weighted by atomic mass is 19.3. The maximum Gasteiger partial charge on any atom is 0.387 e. The number of carbonyl (C=O) groups is 1. The van der Waals surface area contributed by atoms with E-state index in [1.54, 1.807) is 26.0 Å². The predicted octanol–water partition coefficient (Wildman–Crippen LogP) is 4.18. The summed E-state index contributed by atoms with van der Waals surface area (Å²) in [5.41, 5.74) is 8.54. The van der Waals surface area contributed by atoms with Gasteiger partial charge in [0.25, 0.3) is 11.5 Å². The lowest BCUT2D eigenvalue weighted by atomic mass is 9.90. The van der Waals surface area contributed by atoms with E-state index in [0.29, 0.717) is 39.3 Å². The van der Waals surface area contributed by atoms with Crippen LogP contribution in [0.3, 0.4) is 0 Å². The van der Waals surface area contributed by atoms with E-state index in [2.05, 4.69) is 17.2 Å². The molecule has 2 aromatic heterocycles. The van der Waals surface area contributed by atoms with Gasteiger partial charge in [0, 0.05) is 34.4 Å². The predicted molar refractivity (Wildman–Crippen MR) is 128 cm³/mol. The molecule has 1 aromatic carbocycles. The van der Waals surface area contributed by atoms with Crippen LogP contribution < -0.4 is 21.3 Å². The molecule has 1 aliphatic rings. The smallest absolute Gasteiger partial charge is 0.387 e. The number of nitrogens with one attached hydrogen (secondary N) is 2. The molecule has 0 spiro atoms. The zero-order valence-electron chi connectivity index (χ0n) is 19.8. The number of halogens is 2. The molecule has 7 nitrogen and oxygen atoms in total. The molecule has 4 rings (SSSR count). The number of benzene rings is 1. The van der Waals surface area contributed by atoms with E-state index < -0.39 is 18.1 Å². The topological polar surface area (TPSA) is 102 Å². The Morgan fingerprint density at radius 2 is 1.88 bits per heavy atom. The molecule has 1 aliphatic heterocycles. The number of rotatable bonds is 6. The molecule has 1 atom stereocenters. The fraction of sp³-hybridized carbons (Fsp3) is 0.440. The zero-order chi connectivity index (χ0) is 24.7. The molecule has 0 radical (unpaired) electrons. The number of pyridine rings is 1. The number of fused-ring (bicyclic) bond motifs is 1. The van der Waals surface area contributed by atoms with E-state index in [1.165, 1.54) is 6.07 Å². The first kappa shape index (κ1) is 23.9. The third-order valence-electron chi connectivity index (χ3n) is 7.01. The third kappa shape index (κ3) is 4.09. The summed E-state index contributed by atoms with van der Waals surface area (Å²) < 4.78 is 33.9. The minimum atomic E-state index is -3.08. The number of H-pyrrole nitrogens is 1. The summed E-state index contributed by atoms with van der Waals surface area (Å²) in [6, 6.07) is 4.79. The lowest BCUT2D eigenvalue weighted by Crippen LogP contribution is -2.32. The van der Waals surface area contributed by atoms with Crippen molar-refractivity contribution < 1.29 is 18.3 Å². The van der Waals surface area contributed by atoms with Crippen LogP contribution in [0.4, 0.5) is 8.78 Å². The van der Waals surface area contributed by atoms with Crippen LogP contribution in [-0.2, 0) is 0 Å². The van der Waals surface area contributed by atoms with E-state index in [0.717, 1.165) is 25.9 Å². The number of alkyl halides is 2. The number of aromatic amines is 1. The monoisotopic (exact) mass is 472 g/mol. The number of hydrogen-bond donors (Lipinski definition) is 3. The fourth-order valence-corrected chi connectivity index (χ4v) is 5.41. The largest absolute Gasteiger partial charge is 0.434 e. The van der Waals surface area contributed by atoms with Crippen LogP contribution >= 0.6 is 0 Å².